The van der Waals surface area contributed by atoms with Gasteiger partial charge in [0.1, 0.15) is 6.61 Å². The third kappa shape index (κ3) is 6.06. The van der Waals surface area contributed by atoms with Crippen molar-refractivity contribution in [1.82, 2.24) is 10.2 Å². The van der Waals surface area contributed by atoms with Crippen LogP contribution in [0.4, 0.5) is 18.0 Å². The lowest BCUT2D eigenvalue weighted by Gasteiger charge is -2.31. The number of likely N-dealkylation sites (tertiary alicyclic amines) is 1. The smallest absolute Gasteiger partial charge is 0.371 e. The molecule has 0 spiro atoms. The molecule has 0 unspecified atom stereocenters. The maximum Gasteiger partial charge on any atom is 0.411 e. The fourth-order valence-electron chi connectivity index (χ4n) is 1.83. The Morgan fingerprint density at radius 1 is 1.39 bits per heavy atom. The van der Waals surface area contributed by atoms with E-state index in [1.165, 1.54) is 0 Å². The Kier molecular flexibility index (Phi) is 5.67. The lowest BCUT2D eigenvalue weighted by atomic mass is 10.1. The molecule has 0 aromatic carbocycles. The van der Waals surface area contributed by atoms with Gasteiger partial charge < -0.3 is 20.7 Å². The van der Waals surface area contributed by atoms with Gasteiger partial charge in [-0.3, -0.25) is 0 Å². The standard InChI is InChI=1S/C10H18F3N3O2/c11-10(12,13)7-18-6-3-15-8-1-4-16(5-2-8)9(14)17/h8,15H,1-7H2,(H2,14,17). The second kappa shape index (κ2) is 6.79. The van der Waals surface area contributed by atoms with E-state index in [0.29, 0.717) is 19.6 Å². The molecule has 3 N–H and O–H groups in total. The molecule has 0 aromatic rings. The summed E-state index contributed by atoms with van der Waals surface area (Å²) in [5, 5.41) is 3.10. The van der Waals surface area contributed by atoms with Crippen LogP contribution in [0.25, 0.3) is 0 Å². The lowest BCUT2D eigenvalue weighted by Crippen LogP contribution is -2.47. The highest BCUT2D eigenvalue weighted by Crippen LogP contribution is 2.14. The molecule has 18 heavy (non-hydrogen) atoms. The van der Waals surface area contributed by atoms with Crippen LogP contribution < -0.4 is 11.1 Å². The van der Waals surface area contributed by atoms with Crippen molar-refractivity contribution in [3.05, 3.63) is 0 Å². The van der Waals surface area contributed by atoms with Crippen LogP contribution >= 0.6 is 0 Å². The Hall–Kier alpha value is -1.02. The Morgan fingerprint density at radius 2 is 2.00 bits per heavy atom. The van der Waals surface area contributed by atoms with Crippen molar-refractivity contribution in [3.63, 3.8) is 0 Å². The average molecular weight is 269 g/mol. The largest absolute Gasteiger partial charge is 0.411 e. The van der Waals surface area contributed by atoms with Gasteiger partial charge >= 0.3 is 12.2 Å². The molecule has 8 heteroatoms. The van der Waals surface area contributed by atoms with Crippen molar-refractivity contribution in [1.29, 1.82) is 0 Å². The predicted octanol–water partition coefficient (Wildman–Crippen LogP) is 0.698. The molecule has 1 fully saturated rings. The molecule has 1 saturated heterocycles. The topological polar surface area (TPSA) is 67.6 Å². The summed E-state index contributed by atoms with van der Waals surface area (Å²) < 4.78 is 39.8. The fraction of sp³-hybridized carbons (Fsp3) is 0.900. The fourth-order valence-corrected chi connectivity index (χ4v) is 1.83. The first kappa shape index (κ1) is 15.0. The van der Waals surface area contributed by atoms with Crippen LogP contribution in [0.2, 0.25) is 0 Å². The van der Waals surface area contributed by atoms with Gasteiger partial charge in [-0.15, -0.1) is 0 Å². The summed E-state index contributed by atoms with van der Waals surface area (Å²) in [4.78, 5) is 12.4. The number of carbonyl (C=O) groups excluding carboxylic acids is 1. The third-order valence-corrected chi connectivity index (χ3v) is 2.75. The molecule has 1 rings (SSSR count). The number of rotatable bonds is 5. The van der Waals surface area contributed by atoms with E-state index in [9.17, 15) is 18.0 Å². The van der Waals surface area contributed by atoms with Crippen LogP contribution in [0.3, 0.4) is 0 Å². The average Bonchev–Trinajstić information content (AvgIpc) is 2.27. The summed E-state index contributed by atoms with van der Waals surface area (Å²) in [7, 11) is 0. The number of primary amides is 1. The zero-order chi connectivity index (χ0) is 13.6. The zero-order valence-corrected chi connectivity index (χ0v) is 10.0. The van der Waals surface area contributed by atoms with Crippen LogP contribution in [-0.4, -0.2) is 56.0 Å². The van der Waals surface area contributed by atoms with Crippen molar-refractivity contribution >= 4 is 6.03 Å². The first-order valence-corrected chi connectivity index (χ1v) is 5.81. The van der Waals surface area contributed by atoms with Crippen LogP contribution in [0, 0.1) is 0 Å². The molecule has 1 aliphatic heterocycles. The summed E-state index contributed by atoms with van der Waals surface area (Å²) >= 11 is 0. The summed E-state index contributed by atoms with van der Waals surface area (Å²) in [6, 6.07) is -0.225. The molecule has 0 radical (unpaired) electrons. The number of nitrogens with two attached hydrogens (primary N) is 1. The second-order valence-electron chi connectivity index (χ2n) is 4.22. The minimum atomic E-state index is -4.27. The van der Waals surface area contributed by atoms with Crippen molar-refractivity contribution < 1.29 is 22.7 Å². The molecule has 106 valence electrons. The van der Waals surface area contributed by atoms with Crippen molar-refractivity contribution in [2.45, 2.75) is 25.1 Å². The van der Waals surface area contributed by atoms with Gasteiger partial charge in [0.05, 0.1) is 6.61 Å². The van der Waals surface area contributed by atoms with Crippen LogP contribution in [0.1, 0.15) is 12.8 Å². The zero-order valence-electron chi connectivity index (χ0n) is 10.0. The summed E-state index contributed by atoms with van der Waals surface area (Å²) in [6.07, 6.45) is -2.77. The number of piperidine rings is 1. The van der Waals surface area contributed by atoms with E-state index in [2.05, 4.69) is 10.1 Å². The Labute approximate surface area is 103 Å². The van der Waals surface area contributed by atoms with E-state index in [-0.39, 0.29) is 12.6 Å². The Balaban J connectivity index is 2.03. The van der Waals surface area contributed by atoms with Gasteiger partial charge in [-0.25, -0.2) is 4.79 Å². The van der Waals surface area contributed by atoms with Crippen LogP contribution in [0.15, 0.2) is 0 Å². The summed E-state index contributed by atoms with van der Waals surface area (Å²) in [5.41, 5.74) is 5.13. The molecule has 0 aliphatic carbocycles. The number of nitrogens with one attached hydrogen (secondary N) is 1. The number of hydrogen-bond donors (Lipinski definition) is 2. The first-order valence-electron chi connectivity index (χ1n) is 5.81. The molecule has 1 aliphatic rings. The highest BCUT2D eigenvalue weighted by Gasteiger charge is 2.27. The summed E-state index contributed by atoms with van der Waals surface area (Å²) in [5.74, 6) is 0. The summed E-state index contributed by atoms with van der Waals surface area (Å²) in [6.45, 7) is 0.342. The third-order valence-electron chi connectivity index (χ3n) is 2.75. The quantitative estimate of drug-likeness (QED) is 0.722. The van der Waals surface area contributed by atoms with Crippen molar-refractivity contribution in [2.24, 2.45) is 5.73 Å². The van der Waals surface area contributed by atoms with E-state index in [4.69, 9.17) is 5.73 Å². The van der Waals surface area contributed by atoms with Gasteiger partial charge in [-0.2, -0.15) is 13.2 Å². The maximum absolute atomic E-state index is 11.8. The van der Waals surface area contributed by atoms with E-state index in [0.717, 1.165) is 12.8 Å². The number of ether oxygens (including phenoxy) is 1. The van der Waals surface area contributed by atoms with E-state index < -0.39 is 18.8 Å². The molecular formula is C10H18F3N3O2. The van der Waals surface area contributed by atoms with Gasteiger partial charge in [0.15, 0.2) is 0 Å². The van der Waals surface area contributed by atoms with Crippen molar-refractivity contribution in [3.8, 4) is 0 Å². The lowest BCUT2D eigenvalue weighted by molar-refractivity contribution is -0.173. The van der Waals surface area contributed by atoms with E-state index in [1.807, 2.05) is 0 Å². The number of carbonyl (C=O) groups is 1. The number of alkyl halides is 3. The van der Waals surface area contributed by atoms with Crippen molar-refractivity contribution in [2.75, 3.05) is 32.8 Å². The molecule has 1 heterocycles. The molecule has 0 aromatic heterocycles. The molecule has 0 bridgehead atoms. The maximum atomic E-state index is 11.8. The Morgan fingerprint density at radius 3 is 2.50 bits per heavy atom. The number of amides is 2. The monoisotopic (exact) mass is 269 g/mol. The second-order valence-corrected chi connectivity index (χ2v) is 4.22. The SMILES string of the molecule is NC(=O)N1CCC(NCCOCC(F)(F)F)CC1. The van der Waals surface area contributed by atoms with Gasteiger partial charge in [0, 0.05) is 25.7 Å². The highest BCUT2D eigenvalue weighted by molar-refractivity contribution is 5.72. The number of nitrogens with zero attached hydrogens (tertiary/aromatic N) is 1. The first-order chi connectivity index (χ1) is 8.38. The number of urea groups is 1. The minimum absolute atomic E-state index is 0.0234. The highest BCUT2D eigenvalue weighted by atomic mass is 19.4. The number of halogens is 3. The van der Waals surface area contributed by atoms with E-state index in [1.54, 1.807) is 4.90 Å². The predicted molar refractivity (Wildman–Crippen MR) is 59.1 cm³/mol. The van der Waals surface area contributed by atoms with Gasteiger partial charge in [-0.1, -0.05) is 0 Å². The van der Waals surface area contributed by atoms with Gasteiger partial charge in [0.2, 0.25) is 0 Å². The number of hydrogen-bond acceptors (Lipinski definition) is 3. The minimum Gasteiger partial charge on any atom is -0.371 e. The molecule has 5 nitrogen and oxygen atoms in total. The molecular weight excluding hydrogens is 251 g/mol. The normalized spacial score (nSPS) is 18.1. The van der Waals surface area contributed by atoms with Gasteiger partial charge in [-0.05, 0) is 12.8 Å². The van der Waals surface area contributed by atoms with E-state index >= 15 is 0 Å². The molecule has 0 saturated carbocycles. The Bertz CT molecular complexity index is 266. The van der Waals surface area contributed by atoms with Gasteiger partial charge in [0.25, 0.3) is 0 Å². The molecule has 0 atom stereocenters. The molecule has 2 amide bonds. The van der Waals surface area contributed by atoms with Crippen LogP contribution in [0.5, 0.6) is 0 Å². The van der Waals surface area contributed by atoms with Crippen LogP contribution in [-0.2, 0) is 4.74 Å².